The predicted octanol–water partition coefficient (Wildman–Crippen LogP) is 3.93. The van der Waals surface area contributed by atoms with Gasteiger partial charge in [0.2, 0.25) is 0 Å². The number of amides is 1. The second-order valence-corrected chi connectivity index (χ2v) is 7.75. The molecule has 1 N–H and O–H groups in total. The van der Waals surface area contributed by atoms with Gasteiger partial charge in [0.25, 0.3) is 5.91 Å². The molecule has 0 bridgehead atoms. The summed E-state index contributed by atoms with van der Waals surface area (Å²) in [6.07, 6.45) is 3.26. The van der Waals surface area contributed by atoms with Gasteiger partial charge in [-0.15, -0.1) is 0 Å². The Morgan fingerprint density at radius 1 is 1.13 bits per heavy atom. The van der Waals surface area contributed by atoms with Gasteiger partial charge in [-0.3, -0.25) is 9.69 Å². The van der Waals surface area contributed by atoms with Gasteiger partial charge in [-0.2, -0.15) is 0 Å². The summed E-state index contributed by atoms with van der Waals surface area (Å²) in [6, 6.07) is 18.1. The van der Waals surface area contributed by atoms with Gasteiger partial charge in [-0.25, -0.2) is 0 Å². The topological polar surface area (TPSA) is 50.8 Å². The number of ether oxygens (including phenoxy) is 2. The van der Waals surface area contributed by atoms with Crippen LogP contribution in [0.2, 0.25) is 0 Å². The minimum Gasteiger partial charge on any atom is -0.491 e. The average Bonchev–Trinajstić information content (AvgIpc) is 3.31. The van der Waals surface area contributed by atoms with Crippen LogP contribution in [0.1, 0.15) is 42.6 Å². The lowest BCUT2D eigenvalue weighted by atomic mass is 10.0. The number of hydrogen-bond donors (Lipinski definition) is 1. The largest absolute Gasteiger partial charge is 0.491 e. The zero-order valence-corrected chi connectivity index (χ0v) is 18.2. The van der Waals surface area contributed by atoms with Crippen molar-refractivity contribution in [1.29, 1.82) is 0 Å². The average molecular weight is 411 g/mol. The molecule has 2 atom stereocenters. The van der Waals surface area contributed by atoms with Crippen LogP contribution in [0.5, 0.6) is 5.75 Å². The fraction of sp³-hybridized carbons (Fsp3) is 0.480. The molecule has 162 valence electrons. The van der Waals surface area contributed by atoms with E-state index in [-0.39, 0.29) is 18.1 Å². The van der Waals surface area contributed by atoms with Crippen molar-refractivity contribution in [2.45, 2.75) is 45.3 Å². The molecule has 1 amide bonds. The van der Waals surface area contributed by atoms with Gasteiger partial charge in [-0.1, -0.05) is 44.2 Å². The Labute approximate surface area is 180 Å². The first kappa shape index (κ1) is 22.3. The molecule has 0 aromatic heterocycles. The van der Waals surface area contributed by atoms with Crippen molar-refractivity contribution < 1.29 is 14.3 Å². The van der Waals surface area contributed by atoms with E-state index in [9.17, 15) is 4.79 Å². The maximum atomic E-state index is 12.7. The number of rotatable bonds is 11. The zero-order chi connectivity index (χ0) is 21.2. The summed E-state index contributed by atoms with van der Waals surface area (Å²) >= 11 is 0. The van der Waals surface area contributed by atoms with Crippen LogP contribution in [0, 0.1) is 0 Å². The van der Waals surface area contributed by atoms with E-state index in [4.69, 9.17) is 9.47 Å². The first-order chi connectivity index (χ1) is 14.7. The molecule has 5 heteroatoms. The number of benzene rings is 2. The van der Waals surface area contributed by atoms with Crippen molar-refractivity contribution in [1.82, 2.24) is 10.2 Å². The number of carbonyl (C=O) groups is 1. The lowest BCUT2D eigenvalue weighted by molar-refractivity contribution is 0.0679. The summed E-state index contributed by atoms with van der Waals surface area (Å²) in [4.78, 5) is 15.1. The van der Waals surface area contributed by atoms with Gasteiger partial charge >= 0.3 is 0 Å². The maximum Gasteiger partial charge on any atom is 0.251 e. The zero-order valence-electron chi connectivity index (χ0n) is 18.2. The van der Waals surface area contributed by atoms with Crippen LogP contribution in [0.4, 0.5) is 0 Å². The number of carbonyl (C=O) groups excluding carboxylic acids is 1. The minimum absolute atomic E-state index is 0.0501. The second-order valence-electron chi connectivity index (χ2n) is 7.75. The van der Waals surface area contributed by atoms with Gasteiger partial charge in [-0.05, 0) is 62.2 Å². The Balaban J connectivity index is 1.53. The Kier molecular flexibility index (Phi) is 8.72. The highest BCUT2D eigenvalue weighted by Gasteiger charge is 2.18. The number of hydrogen-bond acceptors (Lipinski definition) is 4. The molecule has 0 radical (unpaired) electrons. The van der Waals surface area contributed by atoms with Crippen molar-refractivity contribution in [3.63, 3.8) is 0 Å². The lowest BCUT2D eigenvalue weighted by Gasteiger charge is -2.30. The van der Waals surface area contributed by atoms with Crippen molar-refractivity contribution in [2.75, 3.05) is 32.8 Å². The number of nitrogens with zero attached hydrogens (tertiary/aromatic N) is 1. The van der Waals surface area contributed by atoms with Crippen molar-refractivity contribution in [3.05, 3.63) is 65.7 Å². The summed E-state index contributed by atoms with van der Waals surface area (Å²) in [5.41, 5.74) is 1.94. The highest BCUT2D eigenvalue weighted by atomic mass is 16.5. The molecule has 1 aliphatic rings. The molecule has 3 rings (SSSR count). The third-order valence-electron chi connectivity index (χ3n) is 5.72. The van der Waals surface area contributed by atoms with E-state index in [1.165, 1.54) is 5.56 Å². The van der Waals surface area contributed by atoms with E-state index in [2.05, 4.69) is 48.3 Å². The first-order valence-electron chi connectivity index (χ1n) is 11.1. The van der Waals surface area contributed by atoms with E-state index in [0.717, 1.165) is 44.7 Å². The summed E-state index contributed by atoms with van der Waals surface area (Å²) < 4.78 is 11.4. The third kappa shape index (κ3) is 6.57. The summed E-state index contributed by atoms with van der Waals surface area (Å²) in [6.45, 7) is 8.26. The van der Waals surface area contributed by atoms with Gasteiger partial charge in [0.15, 0.2) is 0 Å². The fourth-order valence-corrected chi connectivity index (χ4v) is 3.94. The monoisotopic (exact) mass is 410 g/mol. The highest BCUT2D eigenvalue weighted by molar-refractivity contribution is 5.94. The Hall–Kier alpha value is -2.37. The van der Waals surface area contributed by atoms with Gasteiger partial charge in [0.1, 0.15) is 12.4 Å². The molecule has 1 aliphatic heterocycles. The molecule has 30 heavy (non-hydrogen) atoms. The highest BCUT2D eigenvalue weighted by Crippen LogP contribution is 2.17. The molecule has 0 saturated carbocycles. The SMILES string of the molecule is CCN(CC)[C@H](CNC(=O)c1ccc(OC[C@H]2CCCO2)cc1)Cc1ccccc1. The molecule has 5 nitrogen and oxygen atoms in total. The maximum absolute atomic E-state index is 12.7. The van der Waals surface area contributed by atoms with Crippen LogP contribution in [-0.4, -0.2) is 55.8 Å². The van der Waals surface area contributed by atoms with Crippen LogP contribution < -0.4 is 10.1 Å². The van der Waals surface area contributed by atoms with E-state index in [1.807, 2.05) is 30.3 Å². The second kappa shape index (κ2) is 11.7. The molecular weight excluding hydrogens is 376 g/mol. The lowest BCUT2D eigenvalue weighted by Crippen LogP contribution is -2.45. The normalized spacial score (nSPS) is 17.1. The molecule has 2 aromatic rings. The molecule has 2 aromatic carbocycles. The molecule has 0 unspecified atom stereocenters. The number of nitrogens with one attached hydrogen (secondary N) is 1. The minimum atomic E-state index is -0.0501. The molecule has 1 saturated heterocycles. The van der Waals surface area contributed by atoms with Crippen LogP contribution in [0.15, 0.2) is 54.6 Å². The van der Waals surface area contributed by atoms with Gasteiger partial charge < -0.3 is 14.8 Å². The van der Waals surface area contributed by atoms with Crippen molar-refractivity contribution >= 4 is 5.91 Å². The summed E-state index contributed by atoms with van der Waals surface area (Å²) in [7, 11) is 0. The van der Waals surface area contributed by atoms with Crippen LogP contribution in [-0.2, 0) is 11.2 Å². The first-order valence-corrected chi connectivity index (χ1v) is 11.1. The van der Waals surface area contributed by atoms with Crippen molar-refractivity contribution in [3.8, 4) is 5.75 Å². The van der Waals surface area contributed by atoms with Crippen molar-refractivity contribution in [2.24, 2.45) is 0 Å². The summed E-state index contributed by atoms with van der Waals surface area (Å²) in [5, 5.41) is 3.12. The molecule has 0 aliphatic carbocycles. The van der Waals surface area contributed by atoms with Crippen LogP contribution in [0.25, 0.3) is 0 Å². The van der Waals surface area contributed by atoms with Crippen LogP contribution >= 0.6 is 0 Å². The molecule has 1 fully saturated rings. The number of likely N-dealkylation sites (N-methyl/N-ethyl adjacent to an activating group) is 1. The fourth-order valence-electron chi connectivity index (χ4n) is 3.94. The summed E-state index contributed by atoms with van der Waals surface area (Å²) in [5.74, 6) is 0.720. The van der Waals surface area contributed by atoms with E-state index in [1.54, 1.807) is 0 Å². The standard InChI is InChI=1S/C25H34N2O3/c1-3-27(4-2)22(17-20-9-6-5-7-10-20)18-26-25(28)21-12-14-23(15-13-21)30-19-24-11-8-16-29-24/h5-7,9-10,12-15,22,24H,3-4,8,11,16-19H2,1-2H3,(H,26,28)/t22-,24+/m0/s1. The van der Waals surface area contributed by atoms with Gasteiger partial charge in [0.05, 0.1) is 6.10 Å². The van der Waals surface area contributed by atoms with E-state index >= 15 is 0 Å². The Bertz CT molecular complexity index is 754. The van der Waals surface area contributed by atoms with E-state index < -0.39 is 0 Å². The van der Waals surface area contributed by atoms with E-state index in [0.29, 0.717) is 18.7 Å². The molecule has 1 heterocycles. The van der Waals surface area contributed by atoms with Gasteiger partial charge in [0, 0.05) is 24.8 Å². The third-order valence-corrected chi connectivity index (χ3v) is 5.72. The predicted molar refractivity (Wildman–Crippen MR) is 120 cm³/mol. The van der Waals surface area contributed by atoms with Crippen LogP contribution in [0.3, 0.4) is 0 Å². The Morgan fingerprint density at radius 3 is 2.50 bits per heavy atom. The Morgan fingerprint density at radius 2 is 1.87 bits per heavy atom. The smallest absolute Gasteiger partial charge is 0.251 e. The molecular formula is C25H34N2O3. The molecule has 0 spiro atoms. The quantitative estimate of drug-likeness (QED) is 0.610.